The van der Waals surface area contributed by atoms with Gasteiger partial charge in [-0.3, -0.25) is 14.6 Å². The lowest BCUT2D eigenvalue weighted by Gasteiger charge is -2.57. The maximum atomic E-state index is 12.7. The number of imidazole rings is 1. The molecule has 0 amide bonds. The average Bonchev–Trinajstić information content (AvgIpc) is 1.51. The van der Waals surface area contributed by atoms with E-state index in [4.69, 9.17) is 0 Å². The van der Waals surface area contributed by atoms with E-state index >= 15 is 0 Å². The summed E-state index contributed by atoms with van der Waals surface area (Å²) in [6.07, 6.45) is 61.4. The molecule has 618 valence electrons. The SMILES string of the molecule is C=C(CN1CCCC1)[C@H]1CC[C@H]2[C@@H]3CC[C@H]4C[C@@](C)(O)CC[C@@H]4[C@H]3CC[C@]12C.C=C(CN1CCCCC1)[C@H]1CC[C@H]2[C@@H]3CC[C@H]4C[C@@](C)(O)CC[C@@H]4[C@H]3CC[C@]12C.C=C(Cn1ccnc1)[C@H]1CC[C@H]2[C@@H]3CC[C@H]4C[C@@](C)(O)CC[C@@H]4[C@H]3CC[C@]12C.CSCC(=O)[C@H]1CC[C@H]2[C@@H]3CC[C@H]4C[C@@](C)(O)CC[C@@H]4[C@H]3CC[C@]12C. The van der Waals surface area contributed by atoms with Gasteiger partial charge < -0.3 is 25.0 Å². The number of thioether (sulfide) groups is 1. The fraction of sp³-hybridized carbons (Fsp3) is 0.900. The summed E-state index contributed by atoms with van der Waals surface area (Å²) in [7, 11) is 0. The highest BCUT2D eigenvalue weighted by Gasteiger charge is 2.63. The first-order chi connectivity index (χ1) is 52.5. The first-order valence-electron chi connectivity index (χ1n) is 47.8. The molecule has 1 aromatic heterocycles. The summed E-state index contributed by atoms with van der Waals surface area (Å²) < 4.78 is 2.18. The van der Waals surface area contributed by atoms with Gasteiger partial charge in [-0.2, -0.15) is 11.8 Å². The molecule has 2 aliphatic heterocycles. The Hall–Kier alpha value is -1.79. The second-order valence-electron chi connectivity index (χ2n) is 45.8. The molecule has 0 aromatic carbocycles. The van der Waals surface area contributed by atoms with E-state index in [1.807, 2.05) is 19.4 Å². The number of carbonyl (C=O) groups excluding carboxylic acids is 1. The number of aromatic nitrogens is 2. The number of Topliss-reactive ketones (excluding diaryl/α,β-unsaturated/α-hetero) is 1. The van der Waals surface area contributed by atoms with Crippen LogP contribution < -0.4 is 0 Å². The molecule has 0 spiro atoms. The summed E-state index contributed by atoms with van der Waals surface area (Å²) in [5, 5.41) is 42.3. The number of ketones is 1. The van der Waals surface area contributed by atoms with Gasteiger partial charge in [-0.15, -0.1) is 0 Å². The predicted molar refractivity (Wildman–Crippen MR) is 454 cm³/mol. The lowest BCUT2D eigenvalue weighted by molar-refractivity contribution is -0.129. The molecule has 18 fully saturated rings. The van der Waals surface area contributed by atoms with Crippen LogP contribution in [0, 0.1) is 164 Å². The summed E-state index contributed by atoms with van der Waals surface area (Å²) in [6.45, 7) is 41.0. The normalized spacial score (nSPS) is 50.4. The van der Waals surface area contributed by atoms with Crippen molar-refractivity contribution in [3.05, 3.63) is 55.2 Å². The Balaban J connectivity index is 0.000000112. The zero-order valence-electron chi connectivity index (χ0n) is 71.8. The predicted octanol–water partition coefficient (Wildman–Crippen LogP) is 22.1. The molecule has 4 N–H and O–H groups in total. The van der Waals surface area contributed by atoms with E-state index in [1.54, 1.807) is 22.9 Å². The first-order valence-corrected chi connectivity index (χ1v) is 49.2. The van der Waals surface area contributed by atoms with Gasteiger partial charge >= 0.3 is 0 Å². The molecule has 9 nitrogen and oxygen atoms in total. The fourth-order valence-electron chi connectivity index (χ4n) is 34.7. The van der Waals surface area contributed by atoms with Gasteiger partial charge in [0.15, 0.2) is 0 Å². The van der Waals surface area contributed by atoms with Crippen molar-refractivity contribution in [3.8, 4) is 0 Å². The average molecular weight is 1530 g/mol. The summed E-state index contributed by atoms with van der Waals surface area (Å²) in [4.78, 5) is 22.3. The second-order valence-corrected chi connectivity index (χ2v) is 46.7. The lowest BCUT2D eigenvalue weighted by atomic mass is 9.49. The highest BCUT2D eigenvalue weighted by Crippen LogP contribution is 2.71. The molecule has 2 saturated heterocycles. The standard InChI is InChI=1S/C27H45NO.C26H43NO.C25H38N2O.C22H36O2S/c1-19(18-28-15-5-4-6-16-28)24-9-10-25-23-8-7-20-17-26(2,29)13-11-21(20)22(23)12-14-27(24,25)3;1-18(17-27-14-4-5-15-27)23-8-9-24-22-7-6-19-16-25(2,28)12-10-20(19)21(22)11-13-26(23,24)3;1-17(15-27-13-12-26-16-27)22-6-7-23-21-5-4-18-14-24(2,28)10-8-19(18)20(21)9-11-25(22,23)3;1-21(24)10-8-15-14(12-21)4-5-17-16(15)9-11-22(2)18(17)6-7-19(22)20(23)13-25-3/h20-25,29H,1,4-18H2,2-3H3;19-24,28H,1,4-17H2,2-3H3;12-13,16,18-23,28H,1,4-11,14-15H2,2-3H3;14-19,24H,4-13H2,1-3H3/t20-,21-,22+,23+,24+,25-,26-,27+;19-,20-,21+,22+,23+,24-,25-,26+;18-,19-,20+,21+,22+,23-,24-,25+;14-,15-,16+,17+,18-,19+,21-,22-/m0000/s1. The molecule has 16 aliphatic carbocycles. The van der Waals surface area contributed by atoms with Gasteiger partial charge in [-0.25, -0.2) is 4.98 Å². The molecule has 3 heterocycles. The molecule has 1 aromatic rings. The highest BCUT2D eigenvalue weighted by molar-refractivity contribution is 7.99. The summed E-state index contributed by atoms with van der Waals surface area (Å²) in [5.74, 6) is 21.4. The van der Waals surface area contributed by atoms with E-state index in [-0.39, 0.29) is 16.6 Å². The van der Waals surface area contributed by atoms with Crippen molar-refractivity contribution < 1.29 is 25.2 Å². The minimum Gasteiger partial charge on any atom is -0.390 e. The molecule has 19 rings (SSSR count). The van der Waals surface area contributed by atoms with Crippen molar-refractivity contribution in [1.29, 1.82) is 0 Å². The van der Waals surface area contributed by atoms with Crippen LogP contribution in [-0.4, -0.2) is 119 Å². The number of likely N-dealkylation sites (tertiary alicyclic amines) is 2. The van der Waals surface area contributed by atoms with Crippen LogP contribution in [0.15, 0.2) is 55.2 Å². The van der Waals surface area contributed by atoms with E-state index in [2.05, 4.69) is 100 Å². The Kier molecular flexibility index (Phi) is 24.1. The third-order valence-corrected chi connectivity index (χ3v) is 40.1. The number of allylic oxidation sites excluding steroid dienone is 1. The van der Waals surface area contributed by atoms with Gasteiger partial charge in [0.25, 0.3) is 0 Å². The molecular formula is C100H162N4O5S. The number of hydrogen-bond donors (Lipinski definition) is 4. The number of aliphatic hydroxyl groups is 4. The molecule has 0 radical (unpaired) electrons. The van der Waals surface area contributed by atoms with Crippen LogP contribution in [0.25, 0.3) is 0 Å². The highest BCUT2D eigenvalue weighted by atomic mass is 32.2. The van der Waals surface area contributed by atoms with Crippen LogP contribution in [0.2, 0.25) is 0 Å². The van der Waals surface area contributed by atoms with Gasteiger partial charge in [-0.05, 0) is 475 Å². The number of fused-ring (bicyclic) bond motifs is 20. The zero-order chi connectivity index (χ0) is 77.1. The van der Waals surface area contributed by atoms with E-state index in [0.29, 0.717) is 39.6 Å². The van der Waals surface area contributed by atoms with Crippen molar-refractivity contribution >= 4 is 17.5 Å². The molecular weight excluding hydrogens is 1370 g/mol. The maximum Gasteiger partial charge on any atom is 0.146 e. The summed E-state index contributed by atoms with van der Waals surface area (Å²) >= 11 is 1.70. The zero-order valence-corrected chi connectivity index (χ0v) is 72.6. The molecule has 0 bridgehead atoms. The van der Waals surface area contributed by atoms with E-state index < -0.39 is 11.2 Å². The number of piperidine rings is 1. The quantitative estimate of drug-likeness (QED) is 0.152. The molecule has 0 unspecified atom stereocenters. The largest absolute Gasteiger partial charge is 0.390 e. The molecule has 110 heavy (non-hydrogen) atoms. The van der Waals surface area contributed by atoms with E-state index in [9.17, 15) is 25.2 Å². The topological polar surface area (TPSA) is 122 Å². The van der Waals surface area contributed by atoms with Crippen LogP contribution >= 0.6 is 11.8 Å². The smallest absolute Gasteiger partial charge is 0.146 e. The third-order valence-electron chi connectivity index (χ3n) is 39.5. The Labute approximate surface area is 675 Å². The van der Waals surface area contributed by atoms with Crippen molar-refractivity contribution in [2.24, 2.45) is 164 Å². The molecule has 10 heteroatoms. The summed E-state index contributed by atoms with van der Waals surface area (Å²) in [5.41, 5.74) is 4.72. The van der Waals surface area contributed by atoms with Crippen LogP contribution in [0.4, 0.5) is 0 Å². The van der Waals surface area contributed by atoms with Crippen molar-refractivity contribution in [3.63, 3.8) is 0 Å². The van der Waals surface area contributed by atoms with Crippen LogP contribution in [0.1, 0.15) is 319 Å². The van der Waals surface area contributed by atoms with Gasteiger partial charge in [0, 0.05) is 37.9 Å². The number of carbonyl (C=O) groups is 1. The Morgan fingerprint density at radius 2 is 0.655 bits per heavy atom. The molecule has 18 aliphatic rings. The lowest BCUT2D eigenvalue weighted by Crippen LogP contribution is -2.51. The van der Waals surface area contributed by atoms with Crippen molar-refractivity contribution in [2.75, 3.05) is 51.3 Å². The van der Waals surface area contributed by atoms with Gasteiger partial charge in [0.2, 0.25) is 0 Å². The minimum absolute atomic E-state index is 0.279. The molecule has 16 saturated carbocycles. The van der Waals surface area contributed by atoms with Gasteiger partial charge in [-0.1, -0.05) is 70.6 Å². The minimum atomic E-state index is -0.417. The molecule has 32 atom stereocenters. The Morgan fingerprint density at radius 1 is 0.364 bits per heavy atom. The Bertz CT molecular complexity index is 3340. The fourth-order valence-corrected chi connectivity index (χ4v) is 35.2. The number of rotatable bonds is 12. The Morgan fingerprint density at radius 3 is 0.964 bits per heavy atom. The number of nitrogens with zero attached hydrogens (tertiary/aromatic N) is 4. The third kappa shape index (κ3) is 16.0. The van der Waals surface area contributed by atoms with Crippen LogP contribution in [-0.2, 0) is 11.3 Å². The van der Waals surface area contributed by atoms with E-state index in [0.717, 1.165) is 195 Å². The number of hydrogen-bond acceptors (Lipinski definition) is 9. The summed E-state index contributed by atoms with van der Waals surface area (Å²) in [6, 6.07) is 0. The van der Waals surface area contributed by atoms with E-state index in [1.165, 1.54) is 250 Å². The van der Waals surface area contributed by atoms with Gasteiger partial charge in [0.1, 0.15) is 5.78 Å². The van der Waals surface area contributed by atoms with Gasteiger partial charge in [0.05, 0.1) is 34.5 Å². The second kappa shape index (κ2) is 32.4. The maximum absolute atomic E-state index is 12.7. The van der Waals surface area contributed by atoms with Crippen molar-refractivity contribution in [2.45, 2.75) is 348 Å². The first kappa shape index (κ1) is 81.9. The van der Waals surface area contributed by atoms with Crippen LogP contribution in [0.5, 0.6) is 0 Å². The van der Waals surface area contributed by atoms with Crippen molar-refractivity contribution in [1.82, 2.24) is 19.4 Å². The monoisotopic (exact) mass is 1530 g/mol. The van der Waals surface area contributed by atoms with Crippen LogP contribution in [0.3, 0.4) is 0 Å².